The van der Waals surface area contributed by atoms with Crippen LogP contribution in [0.2, 0.25) is 0 Å². The number of aryl methyl sites for hydroxylation is 1. The molecule has 1 aliphatic heterocycles. The van der Waals surface area contributed by atoms with Gasteiger partial charge in [-0.1, -0.05) is 6.42 Å². The maximum absolute atomic E-state index is 12.2. The zero-order valence-corrected chi connectivity index (χ0v) is 11.4. The number of hydrogen-bond donors (Lipinski definition) is 2. The van der Waals surface area contributed by atoms with Crippen LogP contribution in [0.5, 0.6) is 0 Å². The Hall–Kier alpha value is -0.940. The fraction of sp³-hybridized carbons (Fsp3) is 0.692. The summed E-state index contributed by atoms with van der Waals surface area (Å²) in [5.41, 5.74) is 0. The molecule has 1 saturated heterocycles. The third kappa shape index (κ3) is 2.29. The van der Waals surface area contributed by atoms with Crippen LogP contribution >= 0.6 is 11.3 Å². The van der Waals surface area contributed by atoms with Crippen LogP contribution in [0.15, 0.2) is 6.20 Å². The SMILES string of the molecule is Cc1cnc(CNC(=O)C2NCC3CCCC32)s1. The average molecular weight is 265 g/mol. The predicted octanol–water partition coefficient (Wildman–Crippen LogP) is 1.46. The zero-order valence-electron chi connectivity index (χ0n) is 10.6. The van der Waals surface area contributed by atoms with Crippen LogP contribution in [0.4, 0.5) is 0 Å². The Morgan fingerprint density at radius 3 is 3.28 bits per heavy atom. The second-order valence-electron chi connectivity index (χ2n) is 5.32. The van der Waals surface area contributed by atoms with Crippen LogP contribution < -0.4 is 10.6 Å². The number of amides is 1. The van der Waals surface area contributed by atoms with Crippen LogP contribution in [0.3, 0.4) is 0 Å². The first-order chi connectivity index (χ1) is 8.74. The van der Waals surface area contributed by atoms with E-state index < -0.39 is 0 Å². The minimum Gasteiger partial charge on any atom is -0.348 e. The number of rotatable bonds is 3. The molecule has 3 atom stereocenters. The molecule has 1 aromatic rings. The molecule has 0 bridgehead atoms. The van der Waals surface area contributed by atoms with Crippen molar-refractivity contribution in [1.29, 1.82) is 0 Å². The second kappa shape index (κ2) is 4.97. The molecule has 2 heterocycles. The Balaban J connectivity index is 1.55. The molecule has 2 N–H and O–H groups in total. The van der Waals surface area contributed by atoms with E-state index in [0.29, 0.717) is 12.5 Å². The number of carbonyl (C=O) groups is 1. The largest absolute Gasteiger partial charge is 0.348 e. The average Bonchev–Trinajstić information content (AvgIpc) is 3.01. The number of nitrogens with one attached hydrogen (secondary N) is 2. The van der Waals surface area contributed by atoms with Gasteiger partial charge in [-0.2, -0.15) is 0 Å². The first-order valence-corrected chi connectivity index (χ1v) is 7.48. The molecule has 98 valence electrons. The summed E-state index contributed by atoms with van der Waals surface area (Å²) in [6, 6.07) is 0.0264. The Morgan fingerprint density at radius 2 is 2.50 bits per heavy atom. The lowest BCUT2D eigenvalue weighted by atomic mass is 9.94. The molecular weight excluding hydrogens is 246 g/mol. The van der Waals surface area contributed by atoms with Crippen molar-refractivity contribution in [3.8, 4) is 0 Å². The van der Waals surface area contributed by atoms with Gasteiger partial charge >= 0.3 is 0 Å². The number of fused-ring (bicyclic) bond motifs is 1. The van der Waals surface area contributed by atoms with Crippen molar-refractivity contribution in [3.63, 3.8) is 0 Å². The summed E-state index contributed by atoms with van der Waals surface area (Å²) in [7, 11) is 0. The van der Waals surface area contributed by atoms with Crippen molar-refractivity contribution in [3.05, 3.63) is 16.1 Å². The van der Waals surface area contributed by atoms with Gasteiger partial charge in [0.25, 0.3) is 0 Å². The first kappa shape index (κ1) is 12.1. The van der Waals surface area contributed by atoms with Gasteiger partial charge < -0.3 is 10.6 Å². The highest BCUT2D eigenvalue weighted by molar-refractivity contribution is 7.11. The third-order valence-electron chi connectivity index (χ3n) is 4.11. The molecule has 0 spiro atoms. The van der Waals surface area contributed by atoms with Crippen LogP contribution in [0.1, 0.15) is 29.1 Å². The molecule has 1 amide bonds. The molecule has 2 aliphatic rings. The first-order valence-electron chi connectivity index (χ1n) is 6.66. The van der Waals surface area contributed by atoms with Gasteiger partial charge in [0.2, 0.25) is 5.91 Å². The Bertz CT molecular complexity index is 445. The Kier molecular flexibility index (Phi) is 3.35. The molecule has 0 radical (unpaired) electrons. The Labute approximate surface area is 111 Å². The standard InChI is InChI=1S/C13H19N3OS/c1-8-5-14-11(18-8)7-16-13(17)12-10-4-2-3-9(10)6-15-12/h5,9-10,12,15H,2-4,6-7H2,1H3,(H,16,17). The Morgan fingerprint density at radius 1 is 1.61 bits per heavy atom. The smallest absolute Gasteiger partial charge is 0.237 e. The minimum absolute atomic E-state index is 0.0264. The van der Waals surface area contributed by atoms with E-state index in [2.05, 4.69) is 15.6 Å². The summed E-state index contributed by atoms with van der Waals surface area (Å²) in [6.45, 7) is 3.61. The van der Waals surface area contributed by atoms with Crippen molar-refractivity contribution in [2.24, 2.45) is 11.8 Å². The highest BCUT2D eigenvalue weighted by atomic mass is 32.1. The molecule has 1 saturated carbocycles. The van der Waals surface area contributed by atoms with Crippen molar-refractivity contribution < 1.29 is 4.79 Å². The van der Waals surface area contributed by atoms with E-state index in [9.17, 15) is 4.79 Å². The van der Waals surface area contributed by atoms with Crippen molar-refractivity contribution in [2.75, 3.05) is 6.54 Å². The summed E-state index contributed by atoms with van der Waals surface area (Å²) >= 11 is 1.65. The van der Waals surface area contributed by atoms with Crippen molar-refractivity contribution in [2.45, 2.75) is 38.8 Å². The van der Waals surface area contributed by atoms with Gasteiger partial charge in [0, 0.05) is 11.1 Å². The summed E-state index contributed by atoms with van der Waals surface area (Å²) < 4.78 is 0. The highest BCUT2D eigenvalue weighted by Gasteiger charge is 2.42. The van der Waals surface area contributed by atoms with Crippen LogP contribution in [0.25, 0.3) is 0 Å². The molecule has 18 heavy (non-hydrogen) atoms. The second-order valence-corrected chi connectivity index (χ2v) is 6.64. The predicted molar refractivity (Wildman–Crippen MR) is 71.3 cm³/mol. The van der Waals surface area contributed by atoms with E-state index in [1.54, 1.807) is 11.3 Å². The van der Waals surface area contributed by atoms with Crippen molar-refractivity contribution >= 4 is 17.2 Å². The number of carbonyl (C=O) groups excluding carboxylic acids is 1. The van der Waals surface area contributed by atoms with Crippen LogP contribution in [0, 0.1) is 18.8 Å². The summed E-state index contributed by atoms with van der Waals surface area (Å²) in [6.07, 6.45) is 5.62. The van der Waals surface area contributed by atoms with E-state index >= 15 is 0 Å². The molecule has 4 nitrogen and oxygen atoms in total. The van der Waals surface area contributed by atoms with Gasteiger partial charge in [-0.15, -0.1) is 11.3 Å². The number of nitrogens with zero attached hydrogens (tertiary/aromatic N) is 1. The third-order valence-corrected chi connectivity index (χ3v) is 5.02. The maximum Gasteiger partial charge on any atom is 0.237 e. The fourth-order valence-corrected chi connectivity index (χ4v) is 3.96. The van der Waals surface area contributed by atoms with Gasteiger partial charge in [0.1, 0.15) is 5.01 Å². The van der Waals surface area contributed by atoms with Gasteiger partial charge in [-0.25, -0.2) is 4.98 Å². The van der Waals surface area contributed by atoms with E-state index in [1.165, 1.54) is 24.1 Å². The zero-order chi connectivity index (χ0) is 12.5. The summed E-state index contributed by atoms with van der Waals surface area (Å²) in [4.78, 5) is 17.6. The minimum atomic E-state index is 0.0264. The number of hydrogen-bond acceptors (Lipinski definition) is 4. The van der Waals surface area contributed by atoms with Gasteiger partial charge in [0.15, 0.2) is 0 Å². The number of aromatic nitrogens is 1. The lowest BCUT2D eigenvalue weighted by Crippen LogP contribution is -2.43. The lowest BCUT2D eigenvalue weighted by molar-refractivity contribution is -0.123. The van der Waals surface area contributed by atoms with E-state index in [1.807, 2.05) is 13.1 Å². The monoisotopic (exact) mass is 265 g/mol. The van der Waals surface area contributed by atoms with Gasteiger partial charge in [0.05, 0.1) is 12.6 Å². The van der Waals surface area contributed by atoms with E-state index in [-0.39, 0.29) is 11.9 Å². The van der Waals surface area contributed by atoms with E-state index in [0.717, 1.165) is 17.5 Å². The number of thiazole rings is 1. The van der Waals surface area contributed by atoms with Crippen LogP contribution in [-0.2, 0) is 11.3 Å². The molecule has 1 aliphatic carbocycles. The van der Waals surface area contributed by atoms with Gasteiger partial charge in [-0.05, 0) is 38.1 Å². The molecule has 1 aromatic heterocycles. The quantitative estimate of drug-likeness (QED) is 0.870. The molecule has 2 fully saturated rings. The molecule has 5 heteroatoms. The van der Waals surface area contributed by atoms with Crippen LogP contribution in [-0.4, -0.2) is 23.5 Å². The highest BCUT2D eigenvalue weighted by Crippen LogP contribution is 2.37. The van der Waals surface area contributed by atoms with Gasteiger partial charge in [-0.3, -0.25) is 4.79 Å². The summed E-state index contributed by atoms with van der Waals surface area (Å²) in [5, 5.41) is 7.37. The normalized spacial score (nSPS) is 30.4. The van der Waals surface area contributed by atoms with E-state index in [4.69, 9.17) is 0 Å². The molecule has 0 aromatic carbocycles. The molecular formula is C13H19N3OS. The lowest BCUT2D eigenvalue weighted by Gasteiger charge is -2.17. The topological polar surface area (TPSA) is 54.0 Å². The molecule has 3 rings (SSSR count). The molecule has 3 unspecified atom stereocenters. The summed E-state index contributed by atoms with van der Waals surface area (Å²) in [5.74, 6) is 1.43. The van der Waals surface area contributed by atoms with Crippen molar-refractivity contribution in [1.82, 2.24) is 15.6 Å². The fourth-order valence-electron chi connectivity index (χ4n) is 3.23. The maximum atomic E-state index is 12.2.